The Labute approximate surface area is 126 Å². The molecule has 1 amide bonds. The molecule has 0 radical (unpaired) electrons. The summed E-state index contributed by atoms with van der Waals surface area (Å²) in [5.41, 5.74) is 1.02. The molecule has 2 unspecified atom stereocenters. The molecule has 0 spiro atoms. The van der Waals surface area contributed by atoms with Gasteiger partial charge in [-0.25, -0.2) is 0 Å². The maximum absolute atomic E-state index is 12.2. The van der Waals surface area contributed by atoms with Crippen molar-refractivity contribution in [3.05, 3.63) is 35.9 Å². The van der Waals surface area contributed by atoms with Gasteiger partial charge in [-0.2, -0.15) is 5.26 Å². The fourth-order valence-corrected chi connectivity index (χ4v) is 2.85. The lowest BCUT2D eigenvalue weighted by Gasteiger charge is -2.29. The molecule has 1 saturated heterocycles. The quantitative estimate of drug-likeness (QED) is 0.898. The Morgan fingerprint density at radius 2 is 2.24 bits per heavy atom. The topological polar surface area (TPSA) is 56.1 Å². The van der Waals surface area contributed by atoms with E-state index in [-0.39, 0.29) is 5.91 Å². The summed E-state index contributed by atoms with van der Waals surface area (Å²) in [6.45, 7) is 2.84. The Bertz CT molecular complexity index is 495. The third-order valence-corrected chi connectivity index (χ3v) is 4.04. The van der Waals surface area contributed by atoms with Crippen molar-refractivity contribution >= 4 is 5.91 Å². The van der Waals surface area contributed by atoms with Crippen LogP contribution < -0.4 is 5.32 Å². The molecule has 0 aliphatic carbocycles. The summed E-state index contributed by atoms with van der Waals surface area (Å²) in [5, 5.41) is 12.2. The number of carbonyl (C=O) groups is 1. The minimum atomic E-state index is -0.603. The van der Waals surface area contributed by atoms with E-state index in [4.69, 9.17) is 0 Å². The van der Waals surface area contributed by atoms with Crippen molar-refractivity contribution in [2.75, 3.05) is 26.7 Å². The van der Waals surface area contributed by atoms with Crippen LogP contribution in [0.1, 0.15) is 18.4 Å². The molecule has 2 rings (SSSR count). The summed E-state index contributed by atoms with van der Waals surface area (Å²) in [6.07, 6.45) is 2.82. The van der Waals surface area contributed by atoms with E-state index < -0.39 is 5.92 Å². The van der Waals surface area contributed by atoms with E-state index in [9.17, 15) is 10.1 Å². The van der Waals surface area contributed by atoms with Gasteiger partial charge >= 0.3 is 0 Å². The number of piperidine rings is 1. The van der Waals surface area contributed by atoms with Crippen molar-refractivity contribution < 1.29 is 4.79 Å². The zero-order valence-electron chi connectivity index (χ0n) is 12.6. The standard InChI is InChI=1S/C17H23N3O/c1-20-9-5-8-15(13-20)12-19-17(21)16(11-18)10-14-6-3-2-4-7-14/h2-4,6-7,15-16H,5,8-10,12-13H2,1H3,(H,19,21). The van der Waals surface area contributed by atoms with Crippen molar-refractivity contribution in [3.63, 3.8) is 0 Å². The second-order valence-electron chi connectivity index (χ2n) is 5.89. The molecule has 2 atom stereocenters. The zero-order valence-corrected chi connectivity index (χ0v) is 12.6. The number of carbonyl (C=O) groups excluding carboxylic acids is 1. The van der Waals surface area contributed by atoms with Crippen LogP contribution in [0.15, 0.2) is 30.3 Å². The van der Waals surface area contributed by atoms with E-state index in [1.165, 1.54) is 6.42 Å². The van der Waals surface area contributed by atoms with Gasteiger partial charge in [0.2, 0.25) is 5.91 Å². The lowest BCUT2D eigenvalue weighted by Crippen LogP contribution is -2.41. The van der Waals surface area contributed by atoms with Crippen LogP contribution >= 0.6 is 0 Å². The average molecular weight is 285 g/mol. The normalized spacial score (nSPS) is 20.5. The van der Waals surface area contributed by atoms with E-state index in [0.717, 1.165) is 25.1 Å². The van der Waals surface area contributed by atoms with Gasteiger partial charge in [0.15, 0.2) is 0 Å². The number of hydrogen-bond donors (Lipinski definition) is 1. The number of rotatable bonds is 5. The Morgan fingerprint density at radius 3 is 2.90 bits per heavy atom. The van der Waals surface area contributed by atoms with E-state index in [2.05, 4.69) is 23.3 Å². The Balaban J connectivity index is 1.82. The molecule has 21 heavy (non-hydrogen) atoms. The van der Waals surface area contributed by atoms with Crippen LogP contribution in [0.4, 0.5) is 0 Å². The van der Waals surface area contributed by atoms with Gasteiger partial charge in [-0.1, -0.05) is 30.3 Å². The summed E-state index contributed by atoms with van der Waals surface area (Å²) in [5.74, 6) is -0.243. The smallest absolute Gasteiger partial charge is 0.237 e. The summed E-state index contributed by atoms with van der Waals surface area (Å²) in [6, 6.07) is 11.8. The second kappa shape index (κ2) is 7.80. The fourth-order valence-electron chi connectivity index (χ4n) is 2.85. The number of nitrogens with one attached hydrogen (secondary N) is 1. The van der Waals surface area contributed by atoms with Crippen LogP contribution in [0.3, 0.4) is 0 Å². The highest BCUT2D eigenvalue weighted by Crippen LogP contribution is 2.14. The highest BCUT2D eigenvalue weighted by atomic mass is 16.1. The van der Waals surface area contributed by atoms with E-state index in [1.54, 1.807) is 0 Å². The van der Waals surface area contributed by atoms with Gasteiger partial charge in [-0.3, -0.25) is 4.79 Å². The summed E-state index contributed by atoms with van der Waals surface area (Å²) >= 11 is 0. The highest BCUT2D eigenvalue weighted by Gasteiger charge is 2.21. The number of likely N-dealkylation sites (tertiary alicyclic amines) is 1. The van der Waals surface area contributed by atoms with E-state index >= 15 is 0 Å². The van der Waals surface area contributed by atoms with Crippen molar-refractivity contribution in [1.29, 1.82) is 5.26 Å². The van der Waals surface area contributed by atoms with Crippen LogP contribution in [0.5, 0.6) is 0 Å². The highest BCUT2D eigenvalue weighted by molar-refractivity contribution is 5.81. The first-order valence-electron chi connectivity index (χ1n) is 7.59. The first-order chi connectivity index (χ1) is 10.2. The van der Waals surface area contributed by atoms with Gasteiger partial charge in [-0.15, -0.1) is 0 Å². The molecule has 1 aliphatic heterocycles. The van der Waals surface area contributed by atoms with E-state index in [0.29, 0.717) is 18.9 Å². The molecule has 1 fully saturated rings. The van der Waals surface area contributed by atoms with Crippen LogP contribution in [0.2, 0.25) is 0 Å². The predicted molar refractivity (Wildman–Crippen MR) is 82.5 cm³/mol. The first kappa shape index (κ1) is 15.5. The third kappa shape index (κ3) is 4.87. The van der Waals surface area contributed by atoms with Gasteiger partial charge in [-0.05, 0) is 44.3 Å². The molecule has 1 aromatic rings. The largest absolute Gasteiger partial charge is 0.355 e. The summed E-state index contributed by atoms with van der Waals surface area (Å²) < 4.78 is 0. The number of nitrogens with zero attached hydrogens (tertiary/aromatic N) is 2. The van der Waals surface area contributed by atoms with Gasteiger partial charge in [0, 0.05) is 13.1 Å². The van der Waals surface area contributed by atoms with Gasteiger partial charge in [0.05, 0.1) is 6.07 Å². The fraction of sp³-hybridized carbons (Fsp3) is 0.529. The summed E-state index contributed by atoms with van der Waals surface area (Å²) in [7, 11) is 2.11. The van der Waals surface area contributed by atoms with Crippen molar-refractivity contribution in [1.82, 2.24) is 10.2 Å². The Hall–Kier alpha value is -1.86. The van der Waals surface area contributed by atoms with Gasteiger partial charge in [0.25, 0.3) is 0 Å². The molecule has 0 bridgehead atoms. The zero-order chi connectivity index (χ0) is 15.1. The predicted octanol–water partition coefficient (Wildman–Crippen LogP) is 1.83. The van der Waals surface area contributed by atoms with Crippen LogP contribution in [-0.2, 0) is 11.2 Å². The molecule has 1 N–H and O–H groups in total. The molecule has 4 heteroatoms. The van der Waals surface area contributed by atoms with Crippen LogP contribution in [0.25, 0.3) is 0 Å². The first-order valence-corrected chi connectivity index (χ1v) is 7.59. The number of benzene rings is 1. The van der Waals surface area contributed by atoms with Crippen molar-refractivity contribution in [3.8, 4) is 6.07 Å². The monoisotopic (exact) mass is 285 g/mol. The number of nitriles is 1. The van der Waals surface area contributed by atoms with Crippen LogP contribution in [0, 0.1) is 23.2 Å². The van der Waals surface area contributed by atoms with Crippen molar-refractivity contribution in [2.24, 2.45) is 11.8 Å². The van der Waals surface area contributed by atoms with Gasteiger partial charge < -0.3 is 10.2 Å². The molecule has 112 valence electrons. The van der Waals surface area contributed by atoms with Crippen LogP contribution in [-0.4, -0.2) is 37.5 Å². The molecular formula is C17H23N3O. The Morgan fingerprint density at radius 1 is 1.48 bits per heavy atom. The lowest BCUT2D eigenvalue weighted by atomic mass is 9.97. The average Bonchev–Trinajstić information content (AvgIpc) is 2.51. The maximum Gasteiger partial charge on any atom is 0.237 e. The van der Waals surface area contributed by atoms with Crippen molar-refractivity contribution in [2.45, 2.75) is 19.3 Å². The lowest BCUT2D eigenvalue weighted by molar-refractivity contribution is -0.123. The van der Waals surface area contributed by atoms with E-state index in [1.807, 2.05) is 30.3 Å². The third-order valence-electron chi connectivity index (χ3n) is 4.04. The molecule has 0 aromatic heterocycles. The number of amides is 1. The molecule has 1 aromatic carbocycles. The number of hydrogen-bond acceptors (Lipinski definition) is 3. The Kier molecular flexibility index (Phi) is 5.77. The molecule has 4 nitrogen and oxygen atoms in total. The SMILES string of the molecule is CN1CCCC(CNC(=O)C(C#N)Cc2ccccc2)C1. The molecule has 0 saturated carbocycles. The minimum absolute atomic E-state index is 0.144. The molecule has 1 aliphatic rings. The minimum Gasteiger partial charge on any atom is -0.355 e. The second-order valence-corrected chi connectivity index (χ2v) is 5.89. The maximum atomic E-state index is 12.2. The molecular weight excluding hydrogens is 262 g/mol. The van der Waals surface area contributed by atoms with Gasteiger partial charge in [0.1, 0.15) is 5.92 Å². The summed E-state index contributed by atoms with van der Waals surface area (Å²) in [4.78, 5) is 14.5. The molecule has 1 heterocycles.